The van der Waals surface area contributed by atoms with Crippen LogP contribution in [0.25, 0.3) is 0 Å². The Bertz CT molecular complexity index is 660. The number of carbonyl (C=O) groups is 1. The molecule has 1 heterocycles. The first-order valence-corrected chi connectivity index (χ1v) is 9.53. The lowest BCUT2D eigenvalue weighted by Gasteiger charge is -2.42. The molecule has 1 aliphatic heterocycles. The molecule has 144 valence electrons. The standard InChI is InChI=1S/C21H31FN2O2/c1-16(17-10-7-6-8-11-17)24-14-20(22)12-9-13-21(20,15-24)23(5)18(25)26-19(2,3)4/h6-8,10-11,16H,9,12-15H2,1-5H3/t16?,20-,21+/m0/s1. The molecule has 1 aromatic rings. The lowest BCUT2D eigenvalue weighted by molar-refractivity contribution is -0.0221. The third-order valence-electron chi connectivity index (χ3n) is 6.05. The molecule has 5 heteroatoms. The summed E-state index contributed by atoms with van der Waals surface area (Å²) in [7, 11) is 1.70. The lowest BCUT2D eigenvalue weighted by Crippen LogP contribution is -2.60. The van der Waals surface area contributed by atoms with Gasteiger partial charge in [0.25, 0.3) is 0 Å². The average Bonchev–Trinajstić information content (AvgIpc) is 3.03. The number of rotatable bonds is 3. The summed E-state index contributed by atoms with van der Waals surface area (Å²) in [5.74, 6) is 0. The van der Waals surface area contributed by atoms with Crippen molar-refractivity contribution in [3.8, 4) is 0 Å². The second kappa shape index (κ2) is 6.52. The molecule has 0 aromatic heterocycles. The maximum absolute atomic E-state index is 16.0. The van der Waals surface area contributed by atoms with Crippen LogP contribution in [-0.4, -0.2) is 52.8 Å². The molecule has 3 atom stereocenters. The number of likely N-dealkylation sites (tertiary alicyclic amines) is 1. The second-order valence-electron chi connectivity index (χ2n) is 8.88. The molecule has 4 nitrogen and oxygen atoms in total. The van der Waals surface area contributed by atoms with Crippen LogP contribution < -0.4 is 0 Å². The number of fused-ring (bicyclic) bond motifs is 1. The van der Waals surface area contributed by atoms with E-state index in [1.54, 1.807) is 11.9 Å². The van der Waals surface area contributed by atoms with Gasteiger partial charge in [-0.3, -0.25) is 4.90 Å². The van der Waals surface area contributed by atoms with E-state index in [0.29, 0.717) is 25.9 Å². The molecule has 1 aliphatic carbocycles. The summed E-state index contributed by atoms with van der Waals surface area (Å²) in [4.78, 5) is 16.4. The molecule has 1 aromatic carbocycles. The molecule has 2 aliphatic rings. The summed E-state index contributed by atoms with van der Waals surface area (Å²) in [6, 6.07) is 10.3. The molecule has 1 saturated carbocycles. The number of ether oxygens (including phenoxy) is 1. The van der Waals surface area contributed by atoms with Gasteiger partial charge >= 0.3 is 6.09 Å². The molecule has 0 N–H and O–H groups in total. The van der Waals surface area contributed by atoms with Crippen molar-refractivity contribution < 1.29 is 13.9 Å². The zero-order valence-corrected chi connectivity index (χ0v) is 16.6. The van der Waals surface area contributed by atoms with Crippen LogP contribution in [-0.2, 0) is 4.74 Å². The molecule has 2 fully saturated rings. The van der Waals surface area contributed by atoms with Crippen molar-refractivity contribution in [1.82, 2.24) is 9.80 Å². The smallest absolute Gasteiger partial charge is 0.410 e. The van der Waals surface area contributed by atoms with Crippen LogP contribution in [0.5, 0.6) is 0 Å². The zero-order valence-electron chi connectivity index (χ0n) is 16.6. The fourth-order valence-corrected chi connectivity index (χ4v) is 4.57. The Kier molecular flexibility index (Phi) is 4.80. The summed E-state index contributed by atoms with van der Waals surface area (Å²) in [5, 5.41) is 0. The molecule has 0 bridgehead atoms. The Morgan fingerprint density at radius 3 is 2.50 bits per heavy atom. The second-order valence-corrected chi connectivity index (χ2v) is 8.88. The van der Waals surface area contributed by atoms with Gasteiger partial charge in [-0.25, -0.2) is 9.18 Å². The summed E-state index contributed by atoms with van der Waals surface area (Å²) in [6.45, 7) is 8.52. The monoisotopic (exact) mass is 362 g/mol. The first-order chi connectivity index (χ1) is 12.1. The van der Waals surface area contributed by atoms with Gasteiger partial charge in [0.1, 0.15) is 11.3 Å². The number of hydrogen-bond acceptors (Lipinski definition) is 3. The van der Waals surface area contributed by atoms with Crippen LogP contribution in [0.2, 0.25) is 0 Å². The van der Waals surface area contributed by atoms with E-state index in [4.69, 9.17) is 4.74 Å². The van der Waals surface area contributed by atoms with Crippen molar-refractivity contribution in [1.29, 1.82) is 0 Å². The minimum atomic E-state index is -1.39. The number of likely N-dealkylation sites (N-methyl/N-ethyl adjacent to an activating group) is 1. The molecule has 1 saturated heterocycles. The van der Waals surface area contributed by atoms with E-state index in [1.807, 2.05) is 39.0 Å². The molecule has 3 rings (SSSR count). The lowest BCUT2D eigenvalue weighted by atomic mass is 9.86. The molecule has 1 amide bonds. The number of benzene rings is 1. The zero-order chi connectivity index (χ0) is 19.2. The minimum absolute atomic E-state index is 0.110. The Morgan fingerprint density at radius 1 is 1.23 bits per heavy atom. The van der Waals surface area contributed by atoms with E-state index in [1.165, 1.54) is 5.56 Å². The van der Waals surface area contributed by atoms with Crippen molar-refractivity contribution in [2.75, 3.05) is 20.1 Å². The topological polar surface area (TPSA) is 32.8 Å². The number of halogens is 1. The maximum Gasteiger partial charge on any atom is 0.410 e. The predicted octanol–water partition coefficient (Wildman–Crippen LogP) is 4.56. The third kappa shape index (κ3) is 3.22. The number of alkyl halides is 1. The van der Waals surface area contributed by atoms with E-state index in [2.05, 4.69) is 24.0 Å². The van der Waals surface area contributed by atoms with Gasteiger partial charge in [-0.15, -0.1) is 0 Å². The first-order valence-electron chi connectivity index (χ1n) is 9.53. The molecular formula is C21H31FN2O2. The van der Waals surface area contributed by atoms with E-state index in [-0.39, 0.29) is 6.04 Å². The number of hydrogen-bond donors (Lipinski definition) is 0. The highest BCUT2D eigenvalue weighted by Gasteiger charge is 2.65. The molecule has 1 unspecified atom stereocenters. The van der Waals surface area contributed by atoms with E-state index < -0.39 is 22.9 Å². The highest BCUT2D eigenvalue weighted by molar-refractivity contribution is 5.69. The highest BCUT2D eigenvalue weighted by atomic mass is 19.1. The van der Waals surface area contributed by atoms with Crippen LogP contribution in [0.15, 0.2) is 30.3 Å². The Labute approximate surface area is 156 Å². The van der Waals surface area contributed by atoms with Gasteiger partial charge in [0, 0.05) is 26.2 Å². The van der Waals surface area contributed by atoms with Gasteiger partial charge in [0.15, 0.2) is 0 Å². The van der Waals surface area contributed by atoms with Gasteiger partial charge in [-0.05, 0) is 52.5 Å². The summed E-state index contributed by atoms with van der Waals surface area (Å²) in [5.41, 5.74) is -1.61. The largest absolute Gasteiger partial charge is 0.444 e. The van der Waals surface area contributed by atoms with Gasteiger partial charge in [-0.1, -0.05) is 30.3 Å². The fourth-order valence-electron chi connectivity index (χ4n) is 4.57. The average molecular weight is 362 g/mol. The SMILES string of the molecule is CC(c1ccccc1)N1C[C@@]2(F)CCC[C@@]2(N(C)C(=O)OC(C)(C)C)C1. The van der Waals surface area contributed by atoms with Crippen molar-refractivity contribution in [3.63, 3.8) is 0 Å². The Balaban J connectivity index is 1.84. The van der Waals surface area contributed by atoms with Crippen LogP contribution in [0.1, 0.15) is 58.6 Å². The van der Waals surface area contributed by atoms with Crippen molar-refractivity contribution in [2.45, 2.75) is 69.8 Å². The van der Waals surface area contributed by atoms with Gasteiger partial charge < -0.3 is 9.64 Å². The predicted molar refractivity (Wildman–Crippen MR) is 101 cm³/mol. The maximum atomic E-state index is 16.0. The fraction of sp³-hybridized carbons (Fsp3) is 0.667. The molecule has 0 radical (unpaired) electrons. The molecule has 0 spiro atoms. The number of amides is 1. The van der Waals surface area contributed by atoms with Crippen LogP contribution in [0.4, 0.5) is 9.18 Å². The van der Waals surface area contributed by atoms with Gasteiger partial charge in [0.2, 0.25) is 0 Å². The molecule has 26 heavy (non-hydrogen) atoms. The van der Waals surface area contributed by atoms with Crippen LogP contribution in [0, 0.1) is 0 Å². The van der Waals surface area contributed by atoms with Crippen LogP contribution >= 0.6 is 0 Å². The quantitative estimate of drug-likeness (QED) is 0.790. The summed E-state index contributed by atoms with van der Waals surface area (Å²) < 4.78 is 21.6. The van der Waals surface area contributed by atoms with E-state index in [0.717, 1.165) is 6.42 Å². The van der Waals surface area contributed by atoms with Crippen LogP contribution in [0.3, 0.4) is 0 Å². The third-order valence-corrected chi connectivity index (χ3v) is 6.05. The normalized spacial score (nSPS) is 30.1. The highest BCUT2D eigenvalue weighted by Crippen LogP contribution is 2.52. The minimum Gasteiger partial charge on any atom is -0.444 e. The molecular weight excluding hydrogens is 331 g/mol. The van der Waals surface area contributed by atoms with Crippen molar-refractivity contribution in [2.24, 2.45) is 0 Å². The van der Waals surface area contributed by atoms with E-state index in [9.17, 15) is 4.79 Å². The van der Waals surface area contributed by atoms with Gasteiger partial charge in [-0.2, -0.15) is 0 Å². The Hall–Kier alpha value is -1.62. The van der Waals surface area contributed by atoms with E-state index >= 15 is 4.39 Å². The van der Waals surface area contributed by atoms with Gasteiger partial charge in [0.05, 0.1) is 5.54 Å². The first kappa shape index (κ1) is 19.2. The summed E-state index contributed by atoms with van der Waals surface area (Å²) >= 11 is 0. The number of carbonyl (C=O) groups excluding carboxylic acids is 1. The van der Waals surface area contributed by atoms with Crippen molar-refractivity contribution >= 4 is 6.09 Å². The number of nitrogens with zero attached hydrogens (tertiary/aromatic N) is 2. The summed E-state index contributed by atoms with van der Waals surface area (Å²) in [6.07, 6.45) is 1.54. The Morgan fingerprint density at radius 2 is 1.88 bits per heavy atom. The van der Waals surface area contributed by atoms with Crippen molar-refractivity contribution in [3.05, 3.63) is 35.9 Å².